The summed E-state index contributed by atoms with van der Waals surface area (Å²) in [6.07, 6.45) is 2.36. The van der Waals surface area contributed by atoms with Crippen molar-refractivity contribution in [1.29, 1.82) is 0 Å². The Labute approximate surface area is 124 Å². The molecule has 2 aromatic carbocycles. The van der Waals surface area contributed by atoms with Crippen LogP contribution in [0.15, 0.2) is 46.9 Å². The summed E-state index contributed by atoms with van der Waals surface area (Å²) < 4.78 is 1.17. The number of benzene rings is 2. The molecule has 0 heterocycles. The van der Waals surface area contributed by atoms with E-state index in [1.165, 1.54) is 33.3 Å². The maximum Gasteiger partial charge on any atom is 0.0400 e. The second kappa shape index (κ2) is 6.76. The lowest BCUT2D eigenvalue weighted by Crippen LogP contribution is -1.99. The first kappa shape index (κ1) is 14.1. The average molecular weight is 318 g/mol. The van der Waals surface area contributed by atoms with E-state index in [1.807, 2.05) is 0 Å². The lowest BCUT2D eigenvalue weighted by atomic mass is 10.1. The van der Waals surface area contributed by atoms with Gasteiger partial charge >= 0.3 is 0 Å². The lowest BCUT2D eigenvalue weighted by Gasteiger charge is -2.09. The first-order valence-corrected chi connectivity index (χ1v) is 7.56. The van der Waals surface area contributed by atoms with Crippen molar-refractivity contribution < 1.29 is 0 Å². The van der Waals surface area contributed by atoms with E-state index in [0.29, 0.717) is 0 Å². The van der Waals surface area contributed by atoms with E-state index in [9.17, 15) is 0 Å². The molecule has 0 amide bonds. The summed E-state index contributed by atoms with van der Waals surface area (Å²) in [5, 5.41) is 3.46. The van der Waals surface area contributed by atoms with E-state index < -0.39 is 0 Å². The van der Waals surface area contributed by atoms with E-state index in [-0.39, 0.29) is 0 Å². The van der Waals surface area contributed by atoms with E-state index in [2.05, 4.69) is 77.6 Å². The molecular formula is C17H20BrN. The van der Waals surface area contributed by atoms with Gasteiger partial charge in [0, 0.05) is 16.7 Å². The van der Waals surface area contributed by atoms with Crippen LogP contribution in [0.3, 0.4) is 0 Å². The maximum absolute atomic E-state index is 3.53. The molecule has 0 aliphatic rings. The second-order valence-corrected chi connectivity index (χ2v) is 5.74. The third-order valence-electron chi connectivity index (χ3n) is 3.21. The van der Waals surface area contributed by atoms with Crippen LogP contribution < -0.4 is 5.32 Å². The van der Waals surface area contributed by atoms with Crippen LogP contribution >= 0.6 is 15.9 Å². The third kappa shape index (κ3) is 4.10. The SMILES string of the molecule is CCCc1ccc(NCc2ccc(Br)c(C)c2)cc1. The van der Waals surface area contributed by atoms with Gasteiger partial charge in [-0.25, -0.2) is 0 Å². The van der Waals surface area contributed by atoms with Crippen LogP contribution in [0.1, 0.15) is 30.0 Å². The van der Waals surface area contributed by atoms with Crippen LogP contribution in [0.4, 0.5) is 5.69 Å². The van der Waals surface area contributed by atoms with Crippen LogP contribution in [0.5, 0.6) is 0 Å². The van der Waals surface area contributed by atoms with Crippen molar-refractivity contribution in [2.24, 2.45) is 0 Å². The minimum Gasteiger partial charge on any atom is -0.381 e. The summed E-state index contributed by atoms with van der Waals surface area (Å²) in [5.41, 5.74) is 5.17. The Morgan fingerprint density at radius 1 is 1.00 bits per heavy atom. The summed E-state index contributed by atoms with van der Waals surface area (Å²) in [6, 6.07) is 15.2. The molecule has 0 aromatic heterocycles. The third-order valence-corrected chi connectivity index (χ3v) is 4.10. The van der Waals surface area contributed by atoms with Gasteiger partial charge in [0.15, 0.2) is 0 Å². The van der Waals surface area contributed by atoms with Crippen LogP contribution in [0.25, 0.3) is 0 Å². The molecule has 0 bridgehead atoms. The van der Waals surface area contributed by atoms with Crippen molar-refractivity contribution in [3.05, 3.63) is 63.6 Å². The van der Waals surface area contributed by atoms with E-state index >= 15 is 0 Å². The first-order valence-electron chi connectivity index (χ1n) is 6.77. The van der Waals surface area contributed by atoms with Crippen molar-refractivity contribution >= 4 is 21.6 Å². The average Bonchev–Trinajstić information content (AvgIpc) is 2.42. The Morgan fingerprint density at radius 2 is 1.68 bits per heavy atom. The Kier molecular flexibility index (Phi) is 5.03. The molecule has 0 fully saturated rings. The molecule has 2 heteroatoms. The van der Waals surface area contributed by atoms with Gasteiger partial charge in [-0.3, -0.25) is 0 Å². The molecule has 0 aliphatic carbocycles. The van der Waals surface area contributed by atoms with Crippen LogP contribution in [0, 0.1) is 6.92 Å². The number of aryl methyl sites for hydroxylation is 2. The zero-order chi connectivity index (χ0) is 13.7. The van der Waals surface area contributed by atoms with Crippen molar-refractivity contribution in [3.63, 3.8) is 0 Å². The van der Waals surface area contributed by atoms with Gasteiger partial charge in [-0.1, -0.05) is 53.5 Å². The monoisotopic (exact) mass is 317 g/mol. The molecular weight excluding hydrogens is 298 g/mol. The number of hydrogen-bond acceptors (Lipinski definition) is 1. The molecule has 2 rings (SSSR count). The molecule has 0 saturated heterocycles. The molecule has 1 N–H and O–H groups in total. The fourth-order valence-corrected chi connectivity index (χ4v) is 2.35. The van der Waals surface area contributed by atoms with Crippen LogP contribution in [-0.4, -0.2) is 0 Å². The lowest BCUT2D eigenvalue weighted by molar-refractivity contribution is 0.922. The molecule has 0 spiro atoms. The molecule has 0 atom stereocenters. The topological polar surface area (TPSA) is 12.0 Å². The Bertz CT molecular complexity index is 531. The Balaban J connectivity index is 1.96. The number of nitrogens with one attached hydrogen (secondary N) is 1. The predicted molar refractivity (Wildman–Crippen MR) is 86.6 cm³/mol. The molecule has 1 nitrogen and oxygen atoms in total. The molecule has 0 saturated carbocycles. The fraction of sp³-hybridized carbons (Fsp3) is 0.294. The number of rotatable bonds is 5. The van der Waals surface area contributed by atoms with Gasteiger partial charge in [-0.15, -0.1) is 0 Å². The van der Waals surface area contributed by atoms with Crippen molar-refractivity contribution in [1.82, 2.24) is 0 Å². The van der Waals surface area contributed by atoms with E-state index in [4.69, 9.17) is 0 Å². The second-order valence-electron chi connectivity index (χ2n) is 4.88. The Hall–Kier alpha value is -1.28. The highest BCUT2D eigenvalue weighted by Gasteiger charge is 1.98. The highest BCUT2D eigenvalue weighted by Crippen LogP contribution is 2.18. The largest absolute Gasteiger partial charge is 0.381 e. The number of hydrogen-bond donors (Lipinski definition) is 1. The summed E-state index contributed by atoms with van der Waals surface area (Å²) in [5.74, 6) is 0. The van der Waals surface area contributed by atoms with Gasteiger partial charge in [0.25, 0.3) is 0 Å². The van der Waals surface area contributed by atoms with E-state index in [1.54, 1.807) is 0 Å². The molecule has 0 unspecified atom stereocenters. The molecule has 100 valence electrons. The van der Waals surface area contributed by atoms with Crippen LogP contribution in [0.2, 0.25) is 0 Å². The molecule has 19 heavy (non-hydrogen) atoms. The predicted octanol–water partition coefficient (Wildman–Crippen LogP) is 5.32. The quantitative estimate of drug-likeness (QED) is 0.786. The van der Waals surface area contributed by atoms with Crippen LogP contribution in [-0.2, 0) is 13.0 Å². The molecule has 2 aromatic rings. The Morgan fingerprint density at radius 3 is 2.32 bits per heavy atom. The van der Waals surface area contributed by atoms with Gasteiger partial charge in [-0.05, 0) is 48.2 Å². The maximum atomic E-state index is 3.53. The van der Waals surface area contributed by atoms with Gasteiger partial charge < -0.3 is 5.32 Å². The first-order chi connectivity index (χ1) is 9.19. The van der Waals surface area contributed by atoms with E-state index in [0.717, 1.165) is 13.0 Å². The van der Waals surface area contributed by atoms with Crippen molar-refractivity contribution in [2.45, 2.75) is 33.2 Å². The van der Waals surface area contributed by atoms with Gasteiger partial charge in [-0.2, -0.15) is 0 Å². The zero-order valence-electron chi connectivity index (χ0n) is 11.5. The highest BCUT2D eigenvalue weighted by atomic mass is 79.9. The fourth-order valence-electron chi connectivity index (χ4n) is 2.10. The van der Waals surface area contributed by atoms with Gasteiger partial charge in [0.1, 0.15) is 0 Å². The number of anilines is 1. The summed E-state index contributed by atoms with van der Waals surface area (Å²) >= 11 is 3.53. The van der Waals surface area contributed by atoms with Crippen molar-refractivity contribution in [3.8, 4) is 0 Å². The summed E-state index contributed by atoms with van der Waals surface area (Å²) in [6.45, 7) is 5.19. The molecule has 0 aliphatic heterocycles. The number of halogens is 1. The normalized spacial score (nSPS) is 10.5. The minimum absolute atomic E-state index is 0.862. The van der Waals surface area contributed by atoms with Gasteiger partial charge in [0.05, 0.1) is 0 Å². The molecule has 0 radical (unpaired) electrons. The smallest absolute Gasteiger partial charge is 0.0400 e. The van der Waals surface area contributed by atoms with Crippen molar-refractivity contribution in [2.75, 3.05) is 5.32 Å². The van der Waals surface area contributed by atoms with Gasteiger partial charge in [0.2, 0.25) is 0 Å². The standard InChI is InChI=1S/C17H20BrN/c1-3-4-14-5-8-16(9-6-14)19-12-15-7-10-17(18)13(2)11-15/h5-11,19H,3-4,12H2,1-2H3. The zero-order valence-corrected chi connectivity index (χ0v) is 13.1. The highest BCUT2D eigenvalue weighted by molar-refractivity contribution is 9.10. The minimum atomic E-state index is 0.862. The summed E-state index contributed by atoms with van der Waals surface area (Å²) in [4.78, 5) is 0. The summed E-state index contributed by atoms with van der Waals surface area (Å²) in [7, 11) is 0.